The van der Waals surface area contributed by atoms with Crippen molar-refractivity contribution in [3.63, 3.8) is 0 Å². The first kappa shape index (κ1) is 11.7. The molecule has 0 aliphatic carbocycles. The highest BCUT2D eigenvalue weighted by atomic mass is 32.2. The topological polar surface area (TPSA) is 78.2 Å². The van der Waals surface area contributed by atoms with Gasteiger partial charge < -0.3 is 15.6 Å². The van der Waals surface area contributed by atoms with Crippen LogP contribution in [0.1, 0.15) is 19.3 Å². The van der Waals surface area contributed by atoms with Crippen molar-refractivity contribution in [3.05, 3.63) is 0 Å². The van der Waals surface area contributed by atoms with Gasteiger partial charge in [-0.2, -0.15) is 0 Å². The number of carboxylic acids is 1. The second-order valence-electron chi connectivity index (χ2n) is 2.39. The van der Waals surface area contributed by atoms with Crippen molar-refractivity contribution in [1.29, 1.82) is 0 Å². The van der Waals surface area contributed by atoms with Gasteiger partial charge in [0, 0.05) is 12.3 Å². The predicted molar refractivity (Wildman–Crippen MR) is 48.4 cm³/mol. The number of hydrogen-bond acceptors (Lipinski definition) is 5. The van der Waals surface area contributed by atoms with E-state index in [4.69, 9.17) is 5.73 Å². The minimum Gasteiger partial charge on any atom is -0.549 e. The second-order valence-corrected chi connectivity index (χ2v) is 3.38. The zero-order chi connectivity index (χ0) is 9.23. The van der Waals surface area contributed by atoms with E-state index < -0.39 is 5.97 Å². The number of carbonyl (C=O) groups excluding carboxylic acids is 1. The van der Waals surface area contributed by atoms with Crippen LogP contribution >= 0.6 is 11.9 Å². The molecule has 4 nitrogen and oxygen atoms in total. The quantitative estimate of drug-likeness (QED) is 0.384. The van der Waals surface area contributed by atoms with E-state index >= 15 is 0 Å². The third-order valence-electron chi connectivity index (χ3n) is 1.27. The zero-order valence-electron chi connectivity index (χ0n) is 7.04. The summed E-state index contributed by atoms with van der Waals surface area (Å²) in [5, 5.41) is 9.93. The predicted octanol–water partition coefficient (Wildman–Crippen LogP) is -0.897. The lowest BCUT2D eigenvalue weighted by Crippen LogP contribution is -2.31. The minimum atomic E-state index is -1.07. The third-order valence-corrected chi connectivity index (χ3v) is 2.11. The Bertz CT molecular complexity index is 122. The van der Waals surface area contributed by atoms with E-state index in [1.807, 2.05) is 0 Å². The number of nitrogens with two attached hydrogens (primary N) is 1. The first-order chi connectivity index (χ1) is 5.77. The van der Waals surface area contributed by atoms with E-state index in [2.05, 4.69) is 4.72 Å². The Hall–Kier alpha value is -0.260. The Balaban J connectivity index is 2.86. The first-order valence-electron chi connectivity index (χ1n) is 4.02. The van der Waals surface area contributed by atoms with Crippen LogP contribution in [0.25, 0.3) is 0 Å². The van der Waals surface area contributed by atoms with Crippen molar-refractivity contribution in [1.82, 2.24) is 4.72 Å². The Morgan fingerprint density at radius 1 is 1.42 bits per heavy atom. The monoisotopic (exact) mass is 191 g/mol. The largest absolute Gasteiger partial charge is 0.549 e. The summed E-state index contributed by atoms with van der Waals surface area (Å²) < 4.78 is 2.69. The number of unbranched alkanes of at least 4 members (excludes halogenated alkanes) is 2. The third kappa shape index (κ3) is 9.74. The van der Waals surface area contributed by atoms with Crippen molar-refractivity contribution in [3.8, 4) is 0 Å². The molecule has 0 aromatic heterocycles. The fraction of sp³-hybridized carbons (Fsp3) is 0.857. The van der Waals surface area contributed by atoms with Gasteiger partial charge in [0.05, 0.1) is 5.97 Å². The summed E-state index contributed by atoms with van der Waals surface area (Å²) in [6.45, 7) is 0.651. The molecule has 0 fully saturated rings. The van der Waals surface area contributed by atoms with Gasteiger partial charge in [0.2, 0.25) is 0 Å². The molecule has 5 heteroatoms. The number of carbonyl (C=O) groups is 1. The molecule has 0 spiro atoms. The van der Waals surface area contributed by atoms with E-state index in [1.165, 1.54) is 11.9 Å². The standard InChI is InChI=1S/C7H16N2O2S/c8-4-2-1-3-5-12-9-6-7(10)11/h9H,1-6,8H2,(H,10,11)/p-1. The maximum Gasteiger partial charge on any atom is 0.0562 e. The van der Waals surface area contributed by atoms with Crippen LogP contribution in [0.5, 0.6) is 0 Å². The summed E-state index contributed by atoms with van der Waals surface area (Å²) in [7, 11) is 0. The molecule has 0 atom stereocenters. The lowest BCUT2D eigenvalue weighted by atomic mass is 10.2. The van der Waals surface area contributed by atoms with Gasteiger partial charge in [0.15, 0.2) is 0 Å². The van der Waals surface area contributed by atoms with Crippen LogP contribution in [0.2, 0.25) is 0 Å². The molecule has 0 heterocycles. The van der Waals surface area contributed by atoms with E-state index in [0.717, 1.165) is 31.6 Å². The van der Waals surface area contributed by atoms with E-state index in [9.17, 15) is 9.90 Å². The summed E-state index contributed by atoms with van der Waals surface area (Å²) in [6.07, 6.45) is 3.22. The van der Waals surface area contributed by atoms with Gasteiger partial charge in [0.1, 0.15) is 0 Å². The van der Waals surface area contributed by atoms with Crippen LogP contribution in [0.3, 0.4) is 0 Å². The first-order valence-corrected chi connectivity index (χ1v) is 5.00. The van der Waals surface area contributed by atoms with E-state index in [-0.39, 0.29) is 6.54 Å². The normalized spacial score (nSPS) is 10.1. The number of nitrogens with one attached hydrogen (secondary N) is 1. The number of aliphatic carboxylic acids is 1. The Labute approximate surface area is 77.0 Å². The van der Waals surface area contributed by atoms with E-state index in [1.54, 1.807) is 0 Å². The highest BCUT2D eigenvalue weighted by Crippen LogP contribution is 2.00. The summed E-state index contributed by atoms with van der Waals surface area (Å²) >= 11 is 1.42. The number of rotatable bonds is 8. The molecule has 0 saturated carbocycles. The summed E-state index contributed by atoms with van der Waals surface area (Å²) in [5.41, 5.74) is 5.30. The number of hydrogen-bond donors (Lipinski definition) is 2. The fourth-order valence-electron chi connectivity index (χ4n) is 0.677. The van der Waals surface area contributed by atoms with Gasteiger partial charge in [0.25, 0.3) is 0 Å². The smallest absolute Gasteiger partial charge is 0.0562 e. The van der Waals surface area contributed by atoms with Crippen molar-refractivity contribution in [2.24, 2.45) is 5.73 Å². The molecule has 0 bridgehead atoms. The van der Waals surface area contributed by atoms with E-state index in [0.29, 0.717) is 0 Å². The maximum absolute atomic E-state index is 9.93. The van der Waals surface area contributed by atoms with Gasteiger partial charge in [-0.25, -0.2) is 0 Å². The van der Waals surface area contributed by atoms with Crippen LogP contribution in [-0.2, 0) is 4.79 Å². The molecule has 0 radical (unpaired) electrons. The average Bonchev–Trinajstić information content (AvgIpc) is 2.02. The summed E-state index contributed by atoms with van der Waals surface area (Å²) in [4.78, 5) is 9.93. The molecule has 3 N–H and O–H groups in total. The number of carboxylic acid groups (broad SMARTS) is 1. The molecule has 0 aliphatic heterocycles. The molecule has 72 valence electrons. The zero-order valence-corrected chi connectivity index (χ0v) is 7.86. The highest BCUT2D eigenvalue weighted by Gasteiger charge is 1.89. The minimum absolute atomic E-state index is 0.0818. The van der Waals surface area contributed by atoms with Crippen LogP contribution in [0, 0.1) is 0 Å². The highest BCUT2D eigenvalue weighted by molar-refractivity contribution is 7.97. The molecule has 0 aromatic rings. The van der Waals surface area contributed by atoms with Crippen molar-refractivity contribution in [2.45, 2.75) is 19.3 Å². The second kappa shape index (κ2) is 8.83. The van der Waals surface area contributed by atoms with Crippen LogP contribution < -0.4 is 15.6 Å². The SMILES string of the molecule is NCCCCCSNCC(=O)[O-]. The lowest BCUT2D eigenvalue weighted by Gasteiger charge is -2.03. The Morgan fingerprint density at radius 2 is 2.17 bits per heavy atom. The van der Waals surface area contributed by atoms with Crippen LogP contribution in [0.15, 0.2) is 0 Å². The maximum atomic E-state index is 9.93. The molecule has 0 amide bonds. The van der Waals surface area contributed by atoms with Crippen molar-refractivity contribution >= 4 is 17.9 Å². The molecule has 0 aromatic carbocycles. The van der Waals surface area contributed by atoms with Gasteiger partial charge in [-0.3, -0.25) is 4.72 Å². The lowest BCUT2D eigenvalue weighted by molar-refractivity contribution is -0.303. The summed E-state index contributed by atoms with van der Waals surface area (Å²) in [5.74, 6) is -0.141. The van der Waals surface area contributed by atoms with Gasteiger partial charge >= 0.3 is 0 Å². The molecular formula is C7H15N2O2S-. The van der Waals surface area contributed by atoms with Gasteiger partial charge in [-0.05, 0) is 19.4 Å². The van der Waals surface area contributed by atoms with Crippen molar-refractivity contribution in [2.75, 3.05) is 18.8 Å². The fourth-order valence-corrected chi connectivity index (χ4v) is 1.39. The summed E-state index contributed by atoms with van der Waals surface area (Å²) in [6, 6.07) is 0. The van der Waals surface area contributed by atoms with Gasteiger partial charge in [-0.1, -0.05) is 18.4 Å². The Morgan fingerprint density at radius 3 is 2.75 bits per heavy atom. The molecule has 12 heavy (non-hydrogen) atoms. The molecule has 0 unspecified atom stereocenters. The molecular weight excluding hydrogens is 176 g/mol. The average molecular weight is 191 g/mol. The van der Waals surface area contributed by atoms with Crippen molar-refractivity contribution < 1.29 is 9.90 Å². The van der Waals surface area contributed by atoms with Gasteiger partial charge in [-0.15, -0.1) is 0 Å². The molecule has 0 aliphatic rings. The Kier molecular flexibility index (Phi) is 8.64. The van der Waals surface area contributed by atoms with Crippen LogP contribution in [-0.4, -0.2) is 24.8 Å². The van der Waals surface area contributed by atoms with Crippen LogP contribution in [0.4, 0.5) is 0 Å². The molecule has 0 saturated heterocycles. The molecule has 0 rings (SSSR count).